The van der Waals surface area contributed by atoms with Crippen molar-refractivity contribution in [2.45, 2.75) is 74.4 Å². The summed E-state index contributed by atoms with van der Waals surface area (Å²) in [7, 11) is 0. The zero-order valence-electron chi connectivity index (χ0n) is 16.9. The summed E-state index contributed by atoms with van der Waals surface area (Å²) < 4.78 is 21.6. The highest BCUT2D eigenvalue weighted by atomic mass is 16.7. The number of hydrogen-bond donors (Lipinski definition) is 7. The average Bonchev–Trinajstić information content (AvgIpc) is 2.78. The third-order valence-electron chi connectivity index (χ3n) is 5.50. The van der Waals surface area contributed by atoms with E-state index in [0.29, 0.717) is 5.56 Å². The van der Waals surface area contributed by atoms with Gasteiger partial charge in [-0.3, -0.25) is 0 Å². The van der Waals surface area contributed by atoms with Gasteiger partial charge in [0.25, 0.3) is 0 Å². The fourth-order valence-electron chi connectivity index (χ4n) is 3.49. The predicted octanol–water partition coefficient (Wildman–Crippen LogP) is -2.61. The van der Waals surface area contributed by atoms with Crippen molar-refractivity contribution in [3.05, 3.63) is 35.9 Å². The van der Waals surface area contributed by atoms with Gasteiger partial charge in [-0.1, -0.05) is 30.3 Å². The van der Waals surface area contributed by atoms with Crippen LogP contribution in [0.15, 0.2) is 30.3 Å². The highest BCUT2D eigenvalue weighted by Crippen LogP contribution is 2.26. The first kappa shape index (κ1) is 24.4. The zero-order chi connectivity index (χ0) is 22.7. The summed E-state index contributed by atoms with van der Waals surface area (Å²) in [6, 6.07) is 8.68. The molecule has 0 radical (unpaired) electrons. The second-order valence-corrected chi connectivity index (χ2v) is 7.79. The van der Waals surface area contributed by atoms with Gasteiger partial charge >= 0.3 is 0 Å². The van der Waals surface area contributed by atoms with Crippen LogP contribution in [0, 0.1) is 0 Å². The van der Waals surface area contributed by atoms with Crippen molar-refractivity contribution in [2.75, 3.05) is 13.2 Å². The van der Waals surface area contributed by atoms with E-state index in [1.807, 2.05) is 0 Å². The van der Waals surface area contributed by atoms with Crippen LogP contribution in [0.5, 0.6) is 0 Å². The molecule has 0 bridgehead atoms. The van der Waals surface area contributed by atoms with Crippen molar-refractivity contribution < 1.29 is 54.7 Å². The van der Waals surface area contributed by atoms with Gasteiger partial charge < -0.3 is 54.7 Å². The van der Waals surface area contributed by atoms with Crippen LogP contribution in [0.25, 0.3) is 0 Å². The van der Waals surface area contributed by atoms with Gasteiger partial charge in [-0.2, -0.15) is 0 Å². The van der Waals surface area contributed by atoms with Crippen molar-refractivity contribution in [1.82, 2.24) is 0 Å². The molecule has 11 heteroatoms. The van der Waals surface area contributed by atoms with Crippen LogP contribution >= 0.6 is 0 Å². The predicted molar refractivity (Wildman–Crippen MR) is 102 cm³/mol. The van der Waals surface area contributed by atoms with E-state index < -0.39 is 67.5 Å². The molecule has 0 aromatic heterocycles. The second-order valence-electron chi connectivity index (χ2n) is 7.79. The van der Waals surface area contributed by atoms with Gasteiger partial charge in [-0.25, -0.2) is 0 Å². The fourth-order valence-corrected chi connectivity index (χ4v) is 3.49. The van der Waals surface area contributed by atoms with Crippen LogP contribution in [-0.4, -0.2) is 110 Å². The molecule has 0 amide bonds. The molecule has 1 aromatic carbocycles. The minimum atomic E-state index is -1.62. The van der Waals surface area contributed by atoms with E-state index in [1.165, 1.54) is 6.92 Å². The molecule has 176 valence electrons. The molecule has 2 saturated heterocycles. The SMILES string of the molecule is C[C@@H]1O[C@@H](OC[C@@H]2O[C@H](OC[C@H](O)c3ccccc3)[C@@H](O)[C@H](O)[C@H]2O)[C@H](O)[C@H](O)[C@H]1O. The topological polar surface area (TPSA) is 179 Å². The lowest BCUT2D eigenvalue weighted by Gasteiger charge is -2.42. The second kappa shape index (κ2) is 10.6. The average molecular weight is 446 g/mol. The van der Waals surface area contributed by atoms with Crippen LogP contribution in [-0.2, 0) is 18.9 Å². The minimum Gasteiger partial charge on any atom is -0.388 e. The Bertz CT molecular complexity index is 676. The van der Waals surface area contributed by atoms with Crippen LogP contribution in [0.1, 0.15) is 18.6 Å². The fraction of sp³-hybridized carbons (Fsp3) is 0.700. The Morgan fingerprint density at radius 3 is 2.00 bits per heavy atom. The Hall–Kier alpha value is -1.22. The number of aliphatic hydroxyl groups is 7. The van der Waals surface area contributed by atoms with Crippen molar-refractivity contribution >= 4 is 0 Å². The van der Waals surface area contributed by atoms with Gasteiger partial charge in [-0.15, -0.1) is 0 Å². The molecule has 31 heavy (non-hydrogen) atoms. The van der Waals surface area contributed by atoms with Gasteiger partial charge in [0, 0.05) is 0 Å². The highest BCUT2D eigenvalue weighted by Gasteiger charge is 2.46. The molecule has 11 nitrogen and oxygen atoms in total. The monoisotopic (exact) mass is 446 g/mol. The van der Waals surface area contributed by atoms with E-state index in [0.717, 1.165) is 0 Å². The Balaban J connectivity index is 1.57. The molecule has 2 heterocycles. The quantitative estimate of drug-likeness (QED) is 0.233. The maximum atomic E-state index is 10.2. The van der Waals surface area contributed by atoms with Gasteiger partial charge in [-0.05, 0) is 12.5 Å². The van der Waals surface area contributed by atoms with Gasteiger partial charge in [0.1, 0.15) is 48.8 Å². The van der Waals surface area contributed by atoms with E-state index in [-0.39, 0.29) is 13.2 Å². The number of rotatable bonds is 7. The van der Waals surface area contributed by atoms with E-state index >= 15 is 0 Å². The molecular weight excluding hydrogens is 416 g/mol. The van der Waals surface area contributed by atoms with E-state index in [4.69, 9.17) is 18.9 Å². The molecule has 2 aliphatic heterocycles. The van der Waals surface area contributed by atoms with E-state index in [1.54, 1.807) is 30.3 Å². The minimum absolute atomic E-state index is 0.242. The van der Waals surface area contributed by atoms with Gasteiger partial charge in [0.05, 0.1) is 19.3 Å². The molecule has 11 atom stereocenters. The molecule has 3 rings (SSSR count). The van der Waals surface area contributed by atoms with Crippen LogP contribution < -0.4 is 0 Å². The third kappa shape index (κ3) is 5.59. The van der Waals surface area contributed by atoms with Crippen molar-refractivity contribution in [1.29, 1.82) is 0 Å². The molecule has 0 unspecified atom stereocenters. The number of hydrogen-bond acceptors (Lipinski definition) is 11. The summed E-state index contributed by atoms with van der Waals surface area (Å²) in [6.45, 7) is 0.863. The van der Waals surface area contributed by atoms with Crippen LogP contribution in [0.3, 0.4) is 0 Å². The molecule has 7 N–H and O–H groups in total. The maximum Gasteiger partial charge on any atom is 0.186 e. The summed E-state index contributed by atoms with van der Waals surface area (Å²) in [5.41, 5.74) is 0.589. The Labute approximate surface area is 179 Å². The lowest BCUT2D eigenvalue weighted by atomic mass is 9.98. The summed E-state index contributed by atoms with van der Waals surface area (Å²) in [5.74, 6) is 0. The molecule has 0 saturated carbocycles. The maximum absolute atomic E-state index is 10.2. The standard InChI is InChI=1S/C20H30O11/c1-9-13(22)15(24)17(26)19(30-9)29-8-12-14(23)16(25)18(27)20(31-12)28-7-11(21)10-5-3-2-4-6-10/h2-6,9,11-27H,7-8H2,1H3/t9-,11-,12-,13-,14-,15+,16+,17+,18-,19+,20-/m0/s1. The smallest absolute Gasteiger partial charge is 0.186 e. The number of aliphatic hydroxyl groups excluding tert-OH is 7. The number of benzene rings is 1. The summed E-state index contributed by atoms with van der Waals surface area (Å²) in [5, 5.41) is 70.3. The first-order valence-electron chi connectivity index (χ1n) is 10.1. The Morgan fingerprint density at radius 1 is 0.774 bits per heavy atom. The zero-order valence-corrected chi connectivity index (χ0v) is 16.9. The van der Waals surface area contributed by atoms with Crippen molar-refractivity contribution in [2.24, 2.45) is 0 Å². The molecule has 2 aliphatic rings. The molecule has 2 fully saturated rings. The first-order valence-corrected chi connectivity index (χ1v) is 10.1. The Morgan fingerprint density at radius 2 is 1.35 bits per heavy atom. The van der Waals surface area contributed by atoms with Crippen molar-refractivity contribution in [3.8, 4) is 0 Å². The van der Waals surface area contributed by atoms with Crippen LogP contribution in [0.2, 0.25) is 0 Å². The van der Waals surface area contributed by atoms with Gasteiger partial charge in [0.2, 0.25) is 0 Å². The molecule has 1 aromatic rings. The number of ether oxygens (including phenoxy) is 4. The summed E-state index contributed by atoms with van der Waals surface area (Å²) >= 11 is 0. The highest BCUT2D eigenvalue weighted by molar-refractivity contribution is 5.17. The normalized spacial score (nSPS) is 42.3. The van der Waals surface area contributed by atoms with Gasteiger partial charge in [0.15, 0.2) is 12.6 Å². The molecular formula is C20H30O11. The molecule has 0 aliphatic carbocycles. The first-order chi connectivity index (χ1) is 14.7. The summed E-state index contributed by atoms with van der Waals surface area (Å²) in [4.78, 5) is 0. The lowest BCUT2D eigenvalue weighted by molar-refractivity contribution is -0.329. The third-order valence-corrected chi connectivity index (χ3v) is 5.50. The molecule has 0 spiro atoms. The van der Waals surface area contributed by atoms with E-state index in [2.05, 4.69) is 0 Å². The van der Waals surface area contributed by atoms with Crippen molar-refractivity contribution in [3.63, 3.8) is 0 Å². The largest absolute Gasteiger partial charge is 0.388 e. The lowest BCUT2D eigenvalue weighted by Crippen LogP contribution is -2.61. The Kier molecular flexibility index (Phi) is 8.35. The van der Waals surface area contributed by atoms with Crippen LogP contribution in [0.4, 0.5) is 0 Å². The summed E-state index contributed by atoms with van der Waals surface area (Å²) in [6.07, 6.45) is -14.7. The van der Waals surface area contributed by atoms with E-state index in [9.17, 15) is 35.7 Å².